The van der Waals surface area contributed by atoms with Crippen molar-refractivity contribution in [2.75, 3.05) is 13.7 Å². The number of aromatic amines is 1. The fraction of sp³-hybridized carbons (Fsp3) is 0.353. The standard InChI is InChI=1S/C17H19N3O4/c1-24-12-7-5-11(6-8-12)13-10-14(19-18-13)16(21)20-9-3-2-4-15(20)17(22)23/h5-8,10,15H,2-4,9H2,1H3,(H,18,19)(H,22,23)/t15-/m1/s1. The Bertz CT molecular complexity index is 739. The fourth-order valence-corrected chi connectivity index (χ4v) is 2.93. The fourth-order valence-electron chi connectivity index (χ4n) is 2.93. The summed E-state index contributed by atoms with van der Waals surface area (Å²) in [5, 5.41) is 16.2. The number of carboxylic acids is 1. The second kappa shape index (κ2) is 6.74. The lowest BCUT2D eigenvalue weighted by Crippen LogP contribution is -2.48. The van der Waals surface area contributed by atoms with Gasteiger partial charge in [-0.1, -0.05) is 0 Å². The van der Waals surface area contributed by atoms with E-state index in [1.165, 1.54) is 4.90 Å². The van der Waals surface area contributed by atoms with E-state index in [2.05, 4.69) is 10.2 Å². The van der Waals surface area contributed by atoms with Gasteiger partial charge in [-0.3, -0.25) is 9.89 Å². The molecule has 0 saturated carbocycles. The van der Waals surface area contributed by atoms with Gasteiger partial charge in [-0.15, -0.1) is 0 Å². The Hall–Kier alpha value is -2.83. The van der Waals surface area contributed by atoms with Crippen LogP contribution >= 0.6 is 0 Å². The van der Waals surface area contributed by atoms with E-state index < -0.39 is 12.0 Å². The van der Waals surface area contributed by atoms with E-state index in [4.69, 9.17) is 4.74 Å². The van der Waals surface area contributed by atoms with Crippen LogP contribution in [0.2, 0.25) is 0 Å². The molecule has 1 aromatic heterocycles. The number of methoxy groups -OCH3 is 1. The first-order chi connectivity index (χ1) is 11.6. The molecule has 1 amide bonds. The van der Waals surface area contributed by atoms with Gasteiger partial charge < -0.3 is 14.7 Å². The molecular formula is C17H19N3O4. The molecule has 2 heterocycles. The Labute approximate surface area is 139 Å². The Morgan fingerprint density at radius 1 is 1.29 bits per heavy atom. The second-order valence-corrected chi connectivity index (χ2v) is 5.74. The lowest BCUT2D eigenvalue weighted by Gasteiger charge is -2.32. The zero-order chi connectivity index (χ0) is 17.1. The van der Waals surface area contributed by atoms with Crippen LogP contribution in [0.4, 0.5) is 0 Å². The molecule has 1 atom stereocenters. The molecule has 2 aromatic rings. The minimum Gasteiger partial charge on any atom is -0.497 e. The molecule has 0 aliphatic carbocycles. The van der Waals surface area contributed by atoms with E-state index in [0.29, 0.717) is 24.4 Å². The molecule has 0 bridgehead atoms. The molecule has 0 spiro atoms. The van der Waals surface area contributed by atoms with Crippen LogP contribution in [0, 0.1) is 0 Å². The van der Waals surface area contributed by atoms with Crippen molar-refractivity contribution in [1.29, 1.82) is 0 Å². The number of amides is 1. The maximum Gasteiger partial charge on any atom is 0.326 e. The number of carbonyl (C=O) groups excluding carboxylic acids is 1. The van der Waals surface area contributed by atoms with Crippen molar-refractivity contribution >= 4 is 11.9 Å². The van der Waals surface area contributed by atoms with Crippen molar-refractivity contribution in [3.05, 3.63) is 36.0 Å². The third-order valence-electron chi connectivity index (χ3n) is 4.24. The van der Waals surface area contributed by atoms with Gasteiger partial charge in [-0.05, 0) is 49.6 Å². The van der Waals surface area contributed by atoms with Crippen molar-refractivity contribution in [2.24, 2.45) is 0 Å². The first-order valence-corrected chi connectivity index (χ1v) is 7.84. The summed E-state index contributed by atoms with van der Waals surface area (Å²) in [6, 6.07) is 8.22. The number of nitrogens with zero attached hydrogens (tertiary/aromatic N) is 2. The lowest BCUT2D eigenvalue weighted by molar-refractivity contribution is -0.143. The highest BCUT2D eigenvalue weighted by Gasteiger charge is 2.33. The highest BCUT2D eigenvalue weighted by atomic mass is 16.5. The largest absolute Gasteiger partial charge is 0.497 e. The molecule has 0 radical (unpaired) electrons. The number of nitrogens with one attached hydrogen (secondary N) is 1. The summed E-state index contributed by atoms with van der Waals surface area (Å²) in [5.41, 5.74) is 1.78. The number of aliphatic carboxylic acids is 1. The molecular weight excluding hydrogens is 310 g/mol. The maximum absolute atomic E-state index is 12.6. The first-order valence-electron chi connectivity index (χ1n) is 7.84. The zero-order valence-corrected chi connectivity index (χ0v) is 13.4. The van der Waals surface area contributed by atoms with Gasteiger partial charge in [0, 0.05) is 12.1 Å². The third kappa shape index (κ3) is 3.10. The summed E-state index contributed by atoms with van der Waals surface area (Å²) in [5.74, 6) is -0.546. The quantitative estimate of drug-likeness (QED) is 0.896. The van der Waals surface area contributed by atoms with E-state index in [9.17, 15) is 14.7 Å². The molecule has 3 rings (SSSR count). The van der Waals surface area contributed by atoms with Crippen LogP contribution in [0.5, 0.6) is 5.75 Å². The average Bonchev–Trinajstić information content (AvgIpc) is 3.11. The number of rotatable bonds is 4. The topological polar surface area (TPSA) is 95.5 Å². The first kappa shape index (κ1) is 16.0. The van der Waals surface area contributed by atoms with E-state index in [0.717, 1.165) is 24.2 Å². The SMILES string of the molecule is COc1ccc(-c2cc(C(=O)N3CCCC[C@@H]3C(=O)O)[nH]n2)cc1. The number of hydrogen-bond acceptors (Lipinski definition) is 4. The number of hydrogen-bond donors (Lipinski definition) is 2. The monoisotopic (exact) mass is 329 g/mol. The van der Waals surface area contributed by atoms with Gasteiger partial charge in [0.1, 0.15) is 17.5 Å². The van der Waals surface area contributed by atoms with Crippen LogP contribution in [-0.2, 0) is 4.79 Å². The van der Waals surface area contributed by atoms with Crippen molar-refractivity contribution < 1.29 is 19.4 Å². The van der Waals surface area contributed by atoms with Crippen LogP contribution in [0.1, 0.15) is 29.8 Å². The van der Waals surface area contributed by atoms with Crippen LogP contribution in [-0.4, -0.2) is 51.8 Å². The molecule has 1 aliphatic rings. The maximum atomic E-state index is 12.6. The lowest BCUT2D eigenvalue weighted by atomic mass is 10.0. The van der Waals surface area contributed by atoms with Crippen molar-refractivity contribution in [2.45, 2.75) is 25.3 Å². The molecule has 126 valence electrons. The summed E-state index contributed by atoms with van der Waals surface area (Å²) < 4.78 is 5.12. The molecule has 0 unspecified atom stereocenters. The molecule has 1 aromatic carbocycles. The number of piperidine rings is 1. The predicted molar refractivity (Wildman–Crippen MR) is 86.9 cm³/mol. The van der Waals surface area contributed by atoms with Gasteiger partial charge in [0.15, 0.2) is 0 Å². The molecule has 1 saturated heterocycles. The summed E-state index contributed by atoms with van der Waals surface area (Å²) in [7, 11) is 1.60. The Morgan fingerprint density at radius 2 is 2.04 bits per heavy atom. The minimum atomic E-state index is -0.960. The summed E-state index contributed by atoms with van der Waals surface area (Å²) in [4.78, 5) is 25.4. The van der Waals surface area contributed by atoms with Gasteiger partial charge in [-0.2, -0.15) is 5.10 Å². The number of aromatic nitrogens is 2. The van der Waals surface area contributed by atoms with Crippen molar-refractivity contribution in [3.8, 4) is 17.0 Å². The number of carbonyl (C=O) groups is 2. The zero-order valence-electron chi connectivity index (χ0n) is 13.4. The summed E-state index contributed by atoms with van der Waals surface area (Å²) in [6.07, 6.45) is 2.12. The number of likely N-dealkylation sites (tertiary alicyclic amines) is 1. The number of H-pyrrole nitrogens is 1. The number of carboxylic acid groups (broad SMARTS) is 1. The number of ether oxygens (including phenoxy) is 1. The molecule has 24 heavy (non-hydrogen) atoms. The van der Waals surface area contributed by atoms with Gasteiger partial charge in [0.25, 0.3) is 5.91 Å². The second-order valence-electron chi connectivity index (χ2n) is 5.74. The third-order valence-corrected chi connectivity index (χ3v) is 4.24. The average molecular weight is 329 g/mol. The van der Waals surface area contributed by atoms with E-state index in [-0.39, 0.29) is 5.91 Å². The molecule has 2 N–H and O–H groups in total. The number of benzene rings is 1. The Kier molecular flexibility index (Phi) is 4.50. The van der Waals surface area contributed by atoms with E-state index in [1.807, 2.05) is 24.3 Å². The summed E-state index contributed by atoms with van der Waals surface area (Å²) in [6.45, 7) is 0.451. The van der Waals surface area contributed by atoms with Gasteiger partial charge in [0.05, 0.1) is 12.8 Å². The molecule has 1 fully saturated rings. The van der Waals surface area contributed by atoms with E-state index in [1.54, 1.807) is 13.2 Å². The highest BCUT2D eigenvalue weighted by Crippen LogP contribution is 2.23. The van der Waals surface area contributed by atoms with Crippen LogP contribution in [0.25, 0.3) is 11.3 Å². The van der Waals surface area contributed by atoms with Gasteiger partial charge in [-0.25, -0.2) is 4.79 Å². The highest BCUT2D eigenvalue weighted by molar-refractivity contribution is 5.96. The molecule has 7 heteroatoms. The molecule has 1 aliphatic heterocycles. The van der Waals surface area contributed by atoms with Crippen LogP contribution in [0.3, 0.4) is 0 Å². The van der Waals surface area contributed by atoms with Crippen LogP contribution in [0.15, 0.2) is 30.3 Å². The predicted octanol–water partition coefficient (Wildman–Crippen LogP) is 2.16. The van der Waals surface area contributed by atoms with E-state index >= 15 is 0 Å². The van der Waals surface area contributed by atoms with Crippen LogP contribution < -0.4 is 4.74 Å². The van der Waals surface area contributed by atoms with Gasteiger partial charge >= 0.3 is 5.97 Å². The normalized spacial score (nSPS) is 17.5. The summed E-state index contributed by atoms with van der Waals surface area (Å²) >= 11 is 0. The molecule has 7 nitrogen and oxygen atoms in total. The van der Waals surface area contributed by atoms with Crippen molar-refractivity contribution in [1.82, 2.24) is 15.1 Å². The van der Waals surface area contributed by atoms with Crippen molar-refractivity contribution in [3.63, 3.8) is 0 Å². The Balaban J connectivity index is 1.81. The minimum absolute atomic E-state index is 0.300. The Morgan fingerprint density at radius 3 is 2.71 bits per heavy atom. The smallest absolute Gasteiger partial charge is 0.326 e. The van der Waals surface area contributed by atoms with Gasteiger partial charge in [0.2, 0.25) is 0 Å².